The first-order chi connectivity index (χ1) is 14.5. The van der Waals surface area contributed by atoms with Crippen molar-refractivity contribution in [3.63, 3.8) is 0 Å². The molecule has 0 spiro atoms. The van der Waals surface area contributed by atoms with Crippen molar-refractivity contribution in [2.24, 2.45) is 0 Å². The van der Waals surface area contributed by atoms with Crippen molar-refractivity contribution >= 4 is 29.2 Å². The second kappa shape index (κ2) is 9.06. The number of hydrogen-bond donors (Lipinski definition) is 3. The zero-order valence-electron chi connectivity index (χ0n) is 16.7. The molecule has 6 nitrogen and oxygen atoms in total. The molecule has 4 rings (SSSR count). The van der Waals surface area contributed by atoms with Crippen LogP contribution in [0.1, 0.15) is 54.1 Å². The first kappa shape index (κ1) is 20.7. The molecule has 2 atom stereocenters. The Hall–Kier alpha value is -2.57. The highest BCUT2D eigenvalue weighted by Gasteiger charge is 2.31. The predicted octanol–water partition coefficient (Wildman–Crippen LogP) is 4.35. The van der Waals surface area contributed by atoms with Crippen LogP contribution in [0.25, 0.3) is 0 Å². The van der Waals surface area contributed by atoms with E-state index in [0.29, 0.717) is 29.2 Å². The zero-order chi connectivity index (χ0) is 21.1. The normalized spacial score (nSPS) is 19.4. The molecule has 0 radical (unpaired) electrons. The van der Waals surface area contributed by atoms with Crippen molar-refractivity contribution in [1.29, 1.82) is 0 Å². The van der Waals surface area contributed by atoms with Crippen LogP contribution >= 0.6 is 11.6 Å². The molecule has 1 aliphatic heterocycles. The summed E-state index contributed by atoms with van der Waals surface area (Å²) in [6.45, 7) is 0.640. The minimum atomic E-state index is -0.613. The van der Waals surface area contributed by atoms with Gasteiger partial charge >= 0.3 is 6.03 Å². The molecular formula is C23H26ClN3O3. The van der Waals surface area contributed by atoms with Gasteiger partial charge in [0.05, 0.1) is 16.7 Å². The topological polar surface area (TPSA) is 81.7 Å². The average molecular weight is 428 g/mol. The van der Waals surface area contributed by atoms with Crippen molar-refractivity contribution in [1.82, 2.24) is 10.2 Å². The van der Waals surface area contributed by atoms with Crippen LogP contribution in [0.15, 0.2) is 48.5 Å². The lowest BCUT2D eigenvalue weighted by atomic mass is 10.0. The Morgan fingerprint density at radius 3 is 2.63 bits per heavy atom. The largest absolute Gasteiger partial charge is 0.388 e. The van der Waals surface area contributed by atoms with E-state index in [1.807, 2.05) is 30.3 Å². The van der Waals surface area contributed by atoms with Gasteiger partial charge in [0.2, 0.25) is 0 Å². The standard InChI is InChI=1S/C23H26ClN3O3/c24-20-11-10-17(13-19(20)22(29)25-16-8-9-16)26-23(30)27-12-4-7-18(27)14-21(28)15-5-2-1-3-6-15/h1-3,5-6,10-11,13,16,18,21,28H,4,7-9,12,14H2,(H,25,29)(H,26,30)/t18-,21-/m1/s1. The molecule has 1 saturated heterocycles. The van der Waals surface area contributed by atoms with Gasteiger partial charge in [0.1, 0.15) is 0 Å². The van der Waals surface area contributed by atoms with Crippen LogP contribution in [0.5, 0.6) is 0 Å². The van der Waals surface area contributed by atoms with Crippen molar-refractivity contribution in [2.75, 3.05) is 11.9 Å². The maximum absolute atomic E-state index is 12.9. The second-order valence-electron chi connectivity index (χ2n) is 8.02. The summed E-state index contributed by atoms with van der Waals surface area (Å²) >= 11 is 6.19. The number of amides is 3. The molecule has 158 valence electrons. The molecular weight excluding hydrogens is 402 g/mol. The summed E-state index contributed by atoms with van der Waals surface area (Å²) in [7, 11) is 0. The van der Waals surface area contributed by atoms with Crippen LogP contribution < -0.4 is 10.6 Å². The van der Waals surface area contributed by atoms with E-state index in [1.54, 1.807) is 23.1 Å². The Kier molecular flexibility index (Phi) is 6.25. The number of hydrogen-bond acceptors (Lipinski definition) is 3. The smallest absolute Gasteiger partial charge is 0.322 e. The van der Waals surface area contributed by atoms with Crippen LogP contribution in [0, 0.1) is 0 Å². The van der Waals surface area contributed by atoms with Crippen LogP contribution in [-0.2, 0) is 0 Å². The molecule has 0 aromatic heterocycles. The highest BCUT2D eigenvalue weighted by Crippen LogP contribution is 2.29. The lowest BCUT2D eigenvalue weighted by molar-refractivity contribution is 0.0951. The lowest BCUT2D eigenvalue weighted by Gasteiger charge is -2.27. The van der Waals surface area contributed by atoms with E-state index >= 15 is 0 Å². The number of likely N-dealkylation sites (tertiary alicyclic amines) is 1. The van der Waals surface area contributed by atoms with Gasteiger partial charge in [0.15, 0.2) is 0 Å². The molecule has 2 fully saturated rings. The number of nitrogens with one attached hydrogen (secondary N) is 2. The molecule has 2 aromatic carbocycles. The monoisotopic (exact) mass is 427 g/mol. The average Bonchev–Trinajstić information content (AvgIpc) is 3.44. The SMILES string of the molecule is O=C(NC1CC1)c1cc(NC(=O)N2CCC[C@@H]2C[C@@H](O)c2ccccc2)ccc1Cl. The Bertz CT molecular complexity index is 917. The van der Waals surface area contributed by atoms with Crippen LogP contribution in [-0.4, -0.2) is 40.6 Å². The number of nitrogens with zero attached hydrogens (tertiary/aromatic N) is 1. The number of rotatable bonds is 6. The Labute approximate surface area is 181 Å². The molecule has 1 aliphatic carbocycles. The van der Waals surface area contributed by atoms with Crippen LogP contribution in [0.4, 0.5) is 10.5 Å². The van der Waals surface area contributed by atoms with Gasteiger partial charge in [0.25, 0.3) is 5.91 Å². The van der Waals surface area contributed by atoms with Crippen molar-refractivity contribution in [3.05, 3.63) is 64.7 Å². The van der Waals surface area contributed by atoms with E-state index in [9.17, 15) is 14.7 Å². The lowest BCUT2D eigenvalue weighted by Crippen LogP contribution is -2.39. The first-order valence-corrected chi connectivity index (χ1v) is 10.8. The quantitative estimate of drug-likeness (QED) is 0.640. The van der Waals surface area contributed by atoms with Gasteiger partial charge < -0.3 is 20.6 Å². The van der Waals surface area contributed by atoms with Gasteiger partial charge in [-0.15, -0.1) is 0 Å². The van der Waals surface area contributed by atoms with E-state index in [4.69, 9.17) is 11.6 Å². The van der Waals surface area contributed by atoms with E-state index < -0.39 is 6.10 Å². The molecule has 3 N–H and O–H groups in total. The second-order valence-corrected chi connectivity index (χ2v) is 8.43. The summed E-state index contributed by atoms with van der Waals surface area (Å²) in [5.41, 5.74) is 1.74. The molecule has 0 unspecified atom stereocenters. The van der Waals surface area contributed by atoms with Gasteiger partial charge in [-0.2, -0.15) is 0 Å². The number of urea groups is 1. The molecule has 30 heavy (non-hydrogen) atoms. The third-order valence-electron chi connectivity index (χ3n) is 5.69. The summed E-state index contributed by atoms with van der Waals surface area (Å²) in [6, 6.07) is 14.4. The van der Waals surface area contributed by atoms with E-state index in [1.165, 1.54) is 0 Å². The number of carbonyl (C=O) groups is 2. The van der Waals surface area contributed by atoms with Crippen molar-refractivity contribution < 1.29 is 14.7 Å². The fourth-order valence-electron chi connectivity index (χ4n) is 3.88. The Morgan fingerprint density at radius 1 is 1.13 bits per heavy atom. The number of aliphatic hydroxyl groups excluding tert-OH is 1. The van der Waals surface area contributed by atoms with Crippen molar-refractivity contribution in [2.45, 2.75) is 50.3 Å². The van der Waals surface area contributed by atoms with Gasteiger partial charge in [-0.1, -0.05) is 41.9 Å². The molecule has 2 aliphatic rings. The number of aliphatic hydroxyl groups is 1. The maximum atomic E-state index is 12.9. The molecule has 2 aromatic rings. The van der Waals surface area contributed by atoms with Gasteiger partial charge in [-0.25, -0.2) is 4.79 Å². The van der Waals surface area contributed by atoms with Crippen molar-refractivity contribution in [3.8, 4) is 0 Å². The van der Waals surface area contributed by atoms with E-state index in [-0.39, 0.29) is 24.0 Å². The molecule has 3 amide bonds. The Morgan fingerprint density at radius 2 is 1.90 bits per heavy atom. The summed E-state index contributed by atoms with van der Waals surface area (Å²) in [4.78, 5) is 27.0. The summed E-state index contributed by atoms with van der Waals surface area (Å²) in [5, 5.41) is 16.7. The number of halogens is 1. The van der Waals surface area contributed by atoms with E-state index in [2.05, 4.69) is 10.6 Å². The fraction of sp³-hybridized carbons (Fsp3) is 0.391. The number of anilines is 1. The number of benzene rings is 2. The third kappa shape index (κ3) is 4.94. The minimum Gasteiger partial charge on any atom is -0.388 e. The summed E-state index contributed by atoms with van der Waals surface area (Å²) in [5.74, 6) is -0.219. The highest BCUT2D eigenvalue weighted by molar-refractivity contribution is 6.34. The zero-order valence-corrected chi connectivity index (χ0v) is 17.4. The van der Waals surface area contributed by atoms with Gasteiger partial charge in [-0.3, -0.25) is 4.79 Å². The number of carbonyl (C=O) groups excluding carboxylic acids is 2. The van der Waals surface area contributed by atoms with Gasteiger partial charge in [0, 0.05) is 24.3 Å². The van der Waals surface area contributed by atoms with Gasteiger partial charge in [-0.05, 0) is 55.9 Å². The molecule has 1 saturated carbocycles. The first-order valence-electron chi connectivity index (χ1n) is 10.4. The molecule has 7 heteroatoms. The third-order valence-corrected chi connectivity index (χ3v) is 6.02. The Balaban J connectivity index is 1.40. The maximum Gasteiger partial charge on any atom is 0.322 e. The highest BCUT2D eigenvalue weighted by atomic mass is 35.5. The van der Waals surface area contributed by atoms with Crippen LogP contribution in [0.3, 0.4) is 0 Å². The summed E-state index contributed by atoms with van der Waals surface area (Å²) in [6.07, 6.45) is 3.61. The minimum absolute atomic E-state index is 0.0369. The predicted molar refractivity (Wildman–Crippen MR) is 117 cm³/mol. The van der Waals surface area contributed by atoms with E-state index in [0.717, 1.165) is 31.2 Å². The molecule has 1 heterocycles. The molecule has 0 bridgehead atoms. The van der Waals surface area contributed by atoms with Crippen LogP contribution in [0.2, 0.25) is 5.02 Å². The fourth-order valence-corrected chi connectivity index (χ4v) is 4.08. The summed E-state index contributed by atoms with van der Waals surface area (Å²) < 4.78 is 0.